The molecule has 1 aromatic heterocycles. The van der Waals surface area contributed by atoms with Gasteiger partial charge in [0.2, 0.25) is 8.32 Å². The highest BCUT2D eigenvalue weighted by atomic mass is 28.4. The Bertz CT molecular complexity index is 624. The molecule has 1 heterocycles. The molecule has 0 aliphatic rings. The minimum Gasteiger partial charge on any atom is -0.409 e. The average molecular weight is 330 g/mol. The van der Waals surface area contributed by atoms with Gasteiger partial charge in [0.15, 0.2) is 0 Å². The molecule has 0 fully saturated rings. The van der Waals surface area contributed by atoms with Crippen molar-refractivity contribution in [2.24, 2.45) is 0 Å². The van der Waals surface area contributed by atoms with Crippen molar-refractivity contribution in [3.8, 4) is 0 Å². The van der Waals surface area contributed by atoms with Gasteiger partial charge in [-0.2, -0.15) is 0 Å². The van der Waals surface area contributed by atoms with Gasteiger partial charge in [-0.15, -0.1) is 0 Å². The lowest BCUT2D eigenvalue weighted by Gasteiger charge is -2.44. The van der Waals surface area contributed by atoms with Crippen LogP contribution in [0, 0.1) is 0 Å². The molecule has 0 spiro atoms. The molecule has 1 atom stereocenters. The number of nitrogens with zero attached hydrogens (tertiary/aromatic N) is 1. The smallest absolute Gasteiger partial charge is 0.201 e. The SMILES string of the molecule is CC(O[Si](C(C)C)(C(C)C)C(C)C)c1ccnc2ccccc12. The molecular formula is C20H31NOSi. The Labute approximate surface area is 142 Å². The number of hydrogen-bond donors (Lipinski definition) is 0. The van der Waals surface area contributed by atoms with E-state index in [9.17, 15) is 0 Å². The third-order valence-corrected chi connectivity index (χ3v) is 11.4. The maximum Gasteiger partial charge on any atom is 0.201 e. The highest BCUT2D eigenvalue weighted by Gasteiger charge is 2.46. The van der Waals surface area contributed by atoms with Gasteiger partial charge in [-0.05, 0) is 41.2 Å². The minimum absolute atomic E-state index is 0.0989. The Kier molecular flexibility index (Phi) is 5.64. The fourth-order valence-corrected chi connectivity index (χ4v) is 9.81. The summed E-state index contributed by atoms with van der Waals surface area (Å²) in [5.74, 6) is 0. The summed E-state index contributed by atoms with van der Waals surface area (Å²) in [6, 6.07) is 10.5. The predicted molar refractivity (Wildman–Crippen MR) is 102 cm³/mol. The molecule has 2 nitrogen and oxygen atoms in total. The summed E-state index contributed by atoms with van der Waals surface area (Å²) < 4.78 is 6.93. The molecule has 0 bridgehead atoms. The zero-order valence-corrected chi connectivity index (χ0v) is 16.6. The van der Waals surface area contributed by atoms with Crippen LogP contribution in [0.3, 0.4) is 0 Å². The zero-order valence-electron chi connectivity index (χ0n) is 15.6. The van der Waals surface area contributed by atoms with E-state index in [1.165, 1.54) is 10.9 Å². The van der Waals surface area contributed by atoms with Crippen molar-refractivity contribution in [3.05, 3.63) is 42.1 Å². The molecule has 0 saturated heterocycles. The Morgan fingerprint density at radius 3 is 1.96 bits per heavy atom. The number of pyridine rings is 1. The normalized spacial score (nSPS) is 14.2. The van der Waals surface area contributed by atoms with Gasteiger partial charge in [0.05, 0.1) is 11.6 Å². The second-order valence-corrected chi connectivity index (χ2v) is 12.9. The van der Waals surface area contributed by atoms with E-state index in [1.807, 2.05) is 12.3 Å². The molecule has 3 heteroatoms. The van der Waals surface area contributed by atoms with Crippen LogP contribution < -0.4 is 0 Å². The Morgan fingerprint density at radius 2 is 1.39 bits per heavy atom. The summed E-state index contributed by atoms with van der Waals surface area (Å²) in [6.45, 7) is 16.2. The molecule has 126 valence electrons. The van der Waals surface area contributed by atoms with E-state index in [2.05, 4.69) is 77.7 Å². The zero-order chi connectivity index (χ0) is 17.2. The maximum absolute atomic E-state index is 6.93. The van der Waals surface area contributed by atoms with E-state index in [1.54, 1.807) is 0 Å². The first-order valence-corrected chi connectivity index (χ1v) is 11.0. The summed E-state index contributed by atoms with van der Waals surface area (Å²) in [7, 11) is -1.88. The molecule has 1 aromatic carbocycles. The van der Waals surface area contributed by atoms with Crippen LogP contribution >= 0.6 is 0 Å². The van der Waals surface area contributed by atoms with Crippen molar-refractivity contribution in [3.63, 3.8) is 0 Å². The molecule has 2 rings (SSSR count). The number of rotatable bonds is 6. The standard InChI is InChI=1S/C20H31NOSi/c1-14(2)23(15(3)4,16(5)6)22-17(7)18-12-13-21-20-11-9-8-10-19(18)20/h8-17H,1-7H3. The fourth-order valence-electron chi connectivity index (χ4n) is 4.25. The van der Waals surface area contributed by atoms with E-state index in [4.69, 9.17) is 4.43 Å². The maximum atomic E-state index is 6.93. The highest BCUT2D eigenvalue weighted by molar-refractivity contribution is 6.77. The Balaban J connectivity index is 2.44. The van der Waals surface area contributed by atoms with Crippen molar-refractivity contribution in [2.75, 3.05) is 0 Å². The predicted octanol–water partition coefficient (Wildman–Crippen LogP) is 6.49. The number of fused-ring (bicyclic) bond motifs is 1. The molecule has 2 aromatic rings. The first-order chi connectivity index (χ1) is 10.8. The largest absolute Gasteiger partial charge is 0.409 e. The van der Waals surface area contributed by atoms with Crippen molar-refractivity contribution in [1.29, 1.82) is 0 Å². The first kappa shape index (κ1) is 18.1. The third kappa shape index (κ3) is 3.36. The molecule has 0 amide bonds. The minimum atomic E-state index is -1.88. The average Bonchev–Trinajstić information content (AvgIpc) is 2.50. The molecule has 23 heavy (non-hydrogen) atoms. The second-order valence-electron chi connectivity index (χ2n) is 7.50. The number of hydrogen-bond acceptors (Lipinski definition) is 2. The highest BCUT2D eigenvalue weighted by Crippen LogP contribution is 2.45. The molecule has 1 unspecified atom stereocenters. The van der Waals surface area contributed by atoms with Gasteiger partial charge in [-0.3, -0.25) is 4.98 Å². The Morgan fingerprint density at radius 1 is 0.826 bits per heavy atom. The molecule has 0 radical (unpaired) electrons. The summed E-state index contributed by atoms with van der Waals surface area (Å²) in [5, 5.41) is 1.21. The lowest BCUT2D eigenvalue weighted by Crippen LogP contribution is -2.48. The van der Waals surface area contributed by atoms with Gasteiger partial charge >= 0.3 is 0 Å². The van der Waals surface area contributed by atoms with Gasteiger partial charge in [-0.1, -0.05) is 59.7 Å². The molecule has 0 N–H and O–H groups in total. The third-order valence-electron chi connectivity index (χ3n) is 5.21. The summed E-state index contributed by atoms with van der Waals surface area (Å²) in [4.78, 5) is 4.48. The van der Waals surface area contributed by atoms with Gasteiger partial charge in [0.1, 0.15) is 0 Å². The van der Waals surface area contributed by atoms with E-state index in [0.29, 0.717) is 16.6 Å². The van der Waals surface area contributed by atoms with Crippen molar-refractivity contribution in [2.45, 2.75) is 71.2 Å². The van der Waals surface area contributed by atoms with Crippen molar-refractivity contribution >= 4 is 19.2 Å². The number of para-hydroxylation sites is 1. The van der Waals surface area contributed by atoms with Crippen LogP contribution in [-0.2, 0) is 4.43 Å². The molecule has 0 saturated carbocycles. The summed E-state index contributed by atoms with van der Waals surface area (Å²) in [5.41, 5.74) is 4.09. The Hall–Kier alpha value is -1.19. The first-order valence-electron chi connectivity index (χ1n) is 8.82. The fraction of sp³-hybridized carbons (Fsp3) is 0.550. The van der Waals surface area contributed by atoms with E-state index in [0.717, 1.165) is 5.52 Å². The van der Waals surface area contributed by atoms with Crippen LogP contribution in [0.25, 0.3) is 10.9 Å². The van der Waals surface area contributed by atoms with Gasteiger partial charge in [0, 0.05) is 11.6 Å². The van der Waals surface area contributed by atoms with Crippen LogP contribution in [0.4, 0.5) is 0 Å². The van der Waals surface area contributed by atoms with Crippen molar-refractivity contribution < 1.29 is 4.43 Å². The summed E-state index contributed by atoms with van der Waals surface area (Å²) in [6.07, 6.45) is 2.00. The van der Waals surface area contributed by atoms with Gasteiger partial charge in [0.25, 0.3) is 0 Å². The monoisotopic (exact) mass is 329 g/mol. The topological polar surface area (TPSA) is 22.1 Å². The quantitative estimate of drug-likeness (QED) is 0.565. The lowest BCUT2D eigenvalue weighted by atomic mass is 10.1. The molecule has 0 aliphatic heterocycles. The van der Waals surface area contributed by atoms with Gasteiger partial charge in [-0.25, -0.2) is 0 Å². The van der Waals surface area contributed by atoms with Crippen molar-refractivity contribution in [1.82, 2.24) is 4.98 Å². The van der Waals surface area contributed by atoms with Crippen LogP contribution in [0.15, 0.2) is 36.5 Å². The van der Waals surface area contributed by atoms with Crippen LogP contribution in [0.5, 0.6) is 0 Å². The van der Waals surface area contributed by atoms with E-state index in [-0.39, 0.29) is 6.10 Å². The van der Waals surface area contributed by atoms with Crippen LogP contribution in [0.1, 0.15) is 60.1 Å². The number of aromatic nitrogens is 1. The van der Waals surface area contributed by atoms with Crippen LogP contribution in [-0.4, -0.2) is 13.3 Å². The van der Waals surface area contributed by atoms with Crippen LogP contribution in [0.2, 0.25) is 16.6 Å². The molecular weight excluding hydrogens is 298 g/mol. The molecule has 0 aliphatic carbocycles. The second kappa shape index (κ2) is 7.14. The van der Waals surface area contributed by atoms with Gasteiger partial charge < -0.3 is 4.43 Å². The summed E-state index contributed by atoms with van der Waals surface area (Å²) >= 11 is 0. The lowest BCUT2D eigenvalue weighted by molar-refractivity contribution is 0.196. The van der Waals surface area contributed by atoms with E-state index < -0.39 is 8.32 Å². The number of benzene rings is 1. The van der Waals surface area contributed by atoms with E-state index >= 15 is 0 Å².